The molecule has 78 valence electrons. The fraction of sp³-hybridized carbons (Fsp3) is 0.417. The summed E-state index contributed by atoms with van der Waals surface area (Å²) in [6.45, 7) is 4.27. The number of rotatable bonds is 0. The van der Waals surface area contributed by atoms with Gasteiger partial charge in [-0.1, -0.05) is 0 Å². The van der Waals surface area contributed by atoms with Crippen LogP contribution in [0.4, 0.5) is 0 Å². The van der Waals surface area contributed by atoms with E-state index in [4.69, 9.17) is 0 Å². The molecular weight excluding hydrogens is 186 g/mol. The van der Waals surface area contributed by atoms with E-state index in [1.165, 1.54) is 22.2 Å². The number of aryl methyl sites for hydroxylation is 1. The van der Waals surface area contributed by atoms with E-state index in [0.717, 1.165) is 25.2 Å². The Hall–Kier alpha value is -1.35. The zero-order valence-electron chi connectivity index (χ0n) is 9.17. The second-order valence-electron chi connectivity index (χ2n) is 4.39. The van der Waals surface area contributed by atoms with Crippen molar-refractivity contribution in [1.82, 2.24) is 14.9 Å². The number of H-pyrrole nitrogens is 1. The van der Waals surface area contributed by atoms with E-state index in [-0.39, 0.29) is 0 Å². The van der Waals surface area contributed by atoms with Crippen molar-refractivity contribution < 1.29 is 0 Å². The van der Waals surface area contributed by atoms with Crippen molar-refractivity contribution in [3.05, 3.63) is 29.2 Å². The second-order valence-corrected chi connectivity index (χ2v) is 4.39. The molecule has 0 unspecified atom stereocenters. The highest BCUT2D eigenvalue weighted by Gasteiger charge is 2.19. The van der Waals surface area contributed by atoms with Crippen molar-refractivity contribution in [2.45, 2.75) is 19.9 Å². The number of hydrogen-bond donors (Lipinski definition) is 1. The third kappa shape index (κ3) is 1.27. The largest absolute Gasteiger partial charge is 0.357 e. The first-order chi connectivity index (χ1) is 7.25. The summed E-state index contributed by atoms with van der Waals surface area (Å²) >= 11 is 0. The van der Waals surface area contributed by atoms with Crippen LogP contribution in [0.3, 0.4) is 0 Å². The van der Waals surface area contributed by atoms with Gasteiger partial charge < -0.3 is 9.88 Å². The highest BCUT2D eigenvalue weighted by molar-refractivity contribution is 5.86. The maximum absolute atomic E-state index is 4.37. The number of aromatic amines is 1. The third-order valence-corrected chi connectivity index (χ3v) is 3.26. The van der Waals surface area contributed by atoms with Crippen LogP contribution in [0, 0.1) is 6.92 Å². The highest BCUT2D eigenvalue weighted by Crippen LogP contribution is 2.28. The Balaban J connectivity index is 2.29. The number of fused-ring (bicyclic) bond motifs is 3. The predicted molar refractivity (Wildman–Crippen MR) is 60.9 cm³/mol. The summed E-state index contributed by atoms with van der Waals surface area (Å²) in [6, 6.07) is 2.07. The van der Waals surface area contributed by atoms with Gasteiger partial charge in [0, 0.05) is 41.6 Å². The third-order valence-electron chi connectivity index (χ3n) is 3.26. The average Bonchev–Trinajstić information content (AvgIpc) is 2.56. The standard InChI is InChI=1S/C12H15N3/c1-8-12-9-4-6-15(2)7-11(9)14-10(12)3-5-13-8/h3,5,14H,4,6-7H2,1-2H3. The summed E-state index contributed by atoms with van der Waals surface area (Å²) in [4.78, 5) is 10.2. The molecule has 15 heavy (non-hydrogen) atoms. The van der Waals surface area contributed by atoms with Crippen LogP contribution in [0.15, 0.2) is 12.3 Å². The molecule has 0 spiro atoms. The first-order valence-electron chi connectivity index (χ1n) is 5.39. The maximum Gasteiger partial charge on any atom is 0.0493 e. The van der Waals surface area contributed by atoms with Gasteiger partial charge in [0.15, 0.2) is 0 Å². The minimum atomic E-state index is 1.03. The lowest BCUT2D eigenvalue weighted by Crippen LogP contribution is -2.26. The lowest BCUT2D eigenvalue weighted by molar-refractivity contribution is 0.310. The highest BCUT2D eigenvalue weighted by atomic mass is 15.1. The van der Waals surface area contributed by atoms with E-state index in [1.54, 1.807) is 0 Å². The SMILES string of the molecule is Cc1nccc2[nH]c3c(c12)CCN(C)C3. The molecule has 3 heteroatoms. The average molecular weight is 201 g/mol. The van der Waals surface area contributed by atoms with Crippen LogP contribution in [0.25, 0.3) is 10.9 Å². The predicted octanol–water partition coefficient (Wildman–Crippen LogP) is 1.86. The van der Waals surface area contributed by atoms with Crippen molar-refractivity contribution in [2.75, 3.05) is 13.6 Å². The summed E-state index contributed by atoms with van der Waals surface area (Å²) in [5.41, 5.74) is 5.24. The molecular formula is C12H15N3. The van der Waals surface area contributed by atoms with E-state index in [0.29, 0.717) is 0 Å². The van der Waals surface area contributed by atoms with Gasteiger partial charge in [0.2, 0.25) is 0 Å². The van der Waals surface area contributed by atoms with Gasteiger partial charge in [0.05, 0.1) is 0 Å². The van der Waals surface area contributed by atoms with Crippen molar-refractivity contribution in [1.29, 1.82) is 0 Å². The Morgan fingerprint density at radius 2 is 2.33 bits per heavy atom. The van der Waals surface area contributed by atoms with E-state index >= 15 is 0 Å². The van der Waals surface area contributed by atoms with Gasteiger partial charge in [-0.05, 0) is 32.0 Å². The molecule has 0 bridgehead atoms. The van der Waals surface area contributed by atoms with Gasteiger partial charge in [-0.2, -0.15) is 0 Å². The Morgan fingerprint density at radius 1 is 1.47 bits per heavy atom. The molecule has 0 fully saturated rings. The Morgan fingerprint density at radius 3 is 3.20 bits per heavy atom. The number of pyridine rings is 1. The number of hydrogen-bond acceptors (Lipinski definition) is 2. The fourth-order valence-corrected chi connectivity index (χ4v) is 2.50. The van der Waals surface area contributed by atoms with Crippen molar-refractivity contribution in [3.63, 3.8) is 0 Å². The minimum absolute atomic E-state index is 1.03. The number of nitrogens with one attached hydrogen (secondary N) is 1. The smallest absolute Gasteiger partial charge is 0.0493 e. The summed E-state index contributed by atoms with van der Waals surface area (Å²) < 4.78 is 0. The Kier molecular flexibility index (Phi) is 1.83. The van der Waals surface area contributed by atoms with E-state index in [9.17, 15) is 0 Å². The van der Waals surface area contributed by atoms with Gasteiger partial charge in [-0.3, -0.25) is 4.98 Å². The van der Waals surface area contributed by atoms with Crippen LogP contribution < -0.4 is 0 Å². The molecule has 3 nitrogen and oxygen atoms in total. The zero-order valence-corrected chi connectivity index (χ0v) is 9.17. The van der Waals surface area contributed by atoms with Crippen LogP contribution >= 0.6 is 0 Å². The van der Waals surface area contributed by atoms with Crippen LogP contribution in [0.2, 0.25) is 0 Å². The number of aromatic nitrogens is 2. The first kappa shape index (κ1) is 8.92. The van der Waals surface area contributed by atoms with Crippen LogP contribution in [0.5, 0.6) is 0 Å². The molecule has 0 aromatic carbocycles. The summed E-state index contributed by atoms with van der Waals surface area (Å²) in [6.07, 6.45) is 3.02. The van der Waals surface area contributed by atoms with Crippen LogP contribution in [0.1, 0.15) is 17.0 Å². The Bertz CT molecular complexity index is 513. The molecule has 0 amide bonds. The molecule has 0 atom stereocenters. The normalized spacial score (nSPS) is 16.9. The zero-order chi connectivity index (χ0) is 10.4. The van der Waals surface area contributed by atoms with Gasteiger partial charge in [-0.15, -0.1) is 0 Å². The van der Waals surface area contributed by atoms with E-state index in [1.807, 2.05) is 6.20 Å². The molecule has 2 aromatic heterocycles. The quantitative estimate of drug-likeness (QED) is 0.705. The lowest BCUT2D eigenvalue weighted by Gasteiger charge is -2.22. The molecule has 0 saturated carbocycles. The minimum Gasteiger partial charge on any atom is -0.357 e. The molecule has 0 saturated heterocycles. The number of likely N-dealkylation sites (N-methyl/N-ethyl adjacent to an activating group) is 1. The first-order valence-corrected chi connectivity index (χ1v) is 5.39. The fourth-order valence-electron chi connectivity index (χ4n) is 2.50. The summed E-state index contributed by atoms with van der Waals surface area (Å²) in [7, 11) is 2.17. The Labute approximate surface area is 89.1 Å². The van der Waals surface area contributed by atoms with Gasteiger partial charge in [0.1, 0.15) is 0 Å². The van der Waals surface area contributed by atoms with Crippen molar-refractivity contribution in [3.8, 4) is 0 Å². The number of nitrogens with zero attached hydrogens (tertiary/aromatic N) is 2. The summed E-state index contributed by atoms with van der Waals surface area (Å²) in [5.74, 6) is 0. The lowest BCUT2D eigenvalue weighted by atomic mass is 10.0. The molecule has 1 N–H and O–H groups in total. The summed E-state index contributed by atoms with van der Waals surface area (Å²) in [5, 5.41) is 1.35. The monoisotopic (exact) mass is 201 g/mol. The molecule has 1 aliphatic heterocycles. The molecule has 0 radical (unpaired) electrons. The van der Waals surface area contributed by atoms with Crippen molar-refractivity contribution >= 4 is 10.9 Å². The maximum atomic E-state index is 4.37. The van der Waals surface area contributed by atoms with Gasteiger partial charge in [0.25, 0.3) is 0 Å². The van der Waals surface area contributed by atoms with Crippen LogP contribution in [-0.4, -0.2) is 28.5 Å². The molecule has 0 aliphatic carbocycles. The molecule has 3 heterocycles. The van der Waals surface area contributed by atoms with Crippen LogP contribution in [-0.2, 0) is 13.0 Å². The van der Waals surface area contributed by atoms with E-state index in [2.05, 4.69) is 34.9 Å². The van der Waals surface area contributed by atoms with E-state index < -0.39 is 0 Å². The topological polar surface area (TPSA) is 31.9 Å². The molecule has 3 rings (SSSR count). The second kappa shape index (κ2) is 3.07. The van der Waals surface area contributed by atoms with Gasteiger partial charge in [-0.25, -0.2) is 0 Å². The van der Waals surface area contributed by atoms with Gasteiger partial charge >= 0.3 is 0 Å². The molecule has 1 aliphatic rings. The molecule has 2 aromatic rings. The van der Waals surface area contributed by atoms with Crippen molar-refractivity contribution in [2.24, 2.45) is 0 Å².